The Labute approximate surface area is 128 Å². The third-order valence-corrected chi connectivity index (χ3v) is 3.96. The fourth-order valence-corrected chi connectivity index (χ4v) is 2.66. The van der Waals surface area contributed by atoms with Crippen molar-refractivity contribution in [1.82, 2.24) is 10.3 Å². The fourth-order valence-electron chi connectivity index (χ4n) is 2.43. The molecule has 108 valence electrons. The van der Waals surface area contributed by atoms with E-state index in [-0.39, 0.29) is 11.9 Å². The van der Waals surface area contributed by atoms with E-state index in [4.69, 9.17) is 17.0 Å². The van der Waals surface area contributed by atoms with E-state index in [0.29, 0.717) is 10.2 Å². The quantitative estimate of drug-likeness (QED) is 0.856. The summed E-state index contributed by atoms with van der Waals surface area (Å²) in [5, 5.41) is 2.98. The van der Waals surface area contributed by atoms with Crippen LogP contribution in [0.2, 0.25) is 0 Å². The number of hydrogen-bond acceptors (Lipinski definition) is 3. The largest absolute Gasteiger partial charge is 0.493 e. The van der Waals surface area contributed by atoms with E-state index in [1.807, 2.05) is 19.1 Å². The lowest BCUT2D eigenvalue weighted by Gasteiger charge is -2.15. The molecule has 1 aliphatic heterocycles. The highest BCUT2D eigenvalue weighted by molar-refractivity contribution is 7.71. The number of fused-ring (bicyclic) bond motifs is 1. The molecule has 1 amide bonds. The number of rotatable bonds is 3. The van der Waals surface area contributed by atoms with Crippen molar-refractivity contribution in [2.45, 2.75) is 19.4 Å². The Morgan fingerprint density at radius 1 is 1.43 bits per heavy atom. The van der Waals surface area contributed by atoms with Crippen LogP contribution in [0, 0.1) is 4.64 Å². The van der Waals surface area contributed by atoms with Crippen LogP contribution in [-0.2, 0) is 6.42 Å². The Bertz CT molecular complexity index is 739. The van der Waals surface area contributed by atoms with Gasteiger partial charge in [0.25, 0.3) is 5.91 Å². The smallest absolute Gasteiger partial charge is 0.254 e. The molecule has 0 aliphatic carbocycles. The number of nitrogens with one attached hydrogen (secondary N) is 2. The molecule has 0 fully saturated rings. The Hall–Kier alpha value is -2.14. The van der Waals surface area contributed by atoms with Gasteiger partial charge in [0.05, 0.1) is 18.2 Å². The summed E-state index contributed by atoms with van der Waals surface area (Å²) >= 11 is 5.13. The molecule has 0 radical (unpaired) electrons. The maximum atomic E-state index is 12.3. The van der Waals surface area contributed by atoms with E-state index in [2.05, 4.69) is 16.4 Å². The molecular formula is C16H16N2O2S. The third-order valence-electron chi connectivity index (χ3n) is 3.62. The zero-order valence-electron chi connectivity index (χ0n) is 11.7. The van der Waals surface area contributed by atoms with E-state index in [1.54, 1.807) is 18.3 Å². The van der Waals surface area contributed by atoms with Crippen molar-refractivity contribution < 1.29 is 9.53 Å². The molecule has 2 heterocycles. The monoisotopic (exact) mass is 300 g/mol. The van der Waals surface area contributed by atoms with Gasteiger partial charge >= 0.3 is 0 Å². The predicted molar refractivity (Wildman–Crippen MR) is 83.1 cm³/mol. The molecule has 0 bridgehead atoms. The Balaban J connectivity index is 1.77. The van der Waals surface area contributed by atoms with Crippen molar-refractivity contribution in [1.29, 1.82) is 0 Å². The number of H-pyrrole nitrogens is 1. The molecule has 1 aromatic heterocycles. The average molecular weight is 300 g/mol. The maximum Gasteiger partial charge on any atom is 0.254 e. The first-order valence-corrected chi connectivity index (χ1v) is 7.30. The first-order chi connectivity index (χ1) is 10.1. The average Bonchev–Trinajstić information content (AvgIpc) is 2.94. The lowest BCUT2D eigenvalue weighted by Crippen LogP contribution is -2.27. The number of carbonyl (C=O) groups excluding carboxylic acids is 1. The van der Waals surface area contributed by atoms with Gasteiger partial charge in [-0.25, -0.2) is 0 Å². The van der Waals surface area contributed by atoms with E-state index in [0.717, 1.165) is 24.3 Å². The highest BCUT2D eigenvalue weighted by Gasteiger charge is 2.16. The molecule has 1 atom stereocenters. The molecule has 2 aromatic rings. The molecule has 4 nitrogen and oxygen atoms in total. The molecular weight excluding hydrogens is 284 g/mol. The van der Waals surface area contributed by atoms with Gasteiger partial charge in [0.1, 0.15) is 10.4 Å². The first-order valence-electron chi connectivity index (χ1n) is 6.89. The predicted octanol–water partition coefficient (Wildman–Crippen LogP) is 3.17. The van der Waals surface area contributed by atoms with Gasteiger partial charge in [0.2, 0.25) is 0 Å². The van der Waals surface area contributed by atoms with Gasteiger partial charge in [-0.15, -0.1) is 0 Å². The molecule has 21 heavy (non-hydrogen) atoms. The van der Waals surface area contributed by atoms with Gasteiger partial charge < -0.3 is 15.0 Å². The van der Waals surface area contributed by atoms with Crippen molar-refractivity contribution in [2.75, 3.05) is 6.61 Å². The van der Waals surface area contributed by atoms with Crippen molar-refractivity contribution in [3.05, 3.63) is 57.9 Å². The maximum absolute atomic E-state index is 12.3. The Morgan fingerprint density at radius 3 is 3.10 bits per heavy atom. The standard InChI is InChI=1S/C16H16N2O2S/c1-10(11-4-5-14-12(9-11)6-8-20-14)18-15(19)13-3-2-7-17-16(13)21/h2-5,7,9-10H,6,8H2,1H3,(H,17,21)(H,18,19)/t10-/m1/s1. The van der Waals surface area contributed by atoms with Crippen LogP contribution in [0.15, 0.2) is 36.5 Å². The van der Waals surface area contributed by atoms with E-state index < -0.39 is 0 Å². The van der Waals surface area contributed by atoms with E-state index in [1.165, 1.54) is 5.56 Å². The van der Waals surface area contributed by atoms with Crippen LogP contribution in [0.3, 0.4) is 0 Å². The summed E-state index contributed by atoms with van der Waals surface area (Å²) in [6, 6.07) is 9.45. The highest BCUT2D eigenvalue weighted by Crippen LogP contribution is 2.28. The van der Waals surface area contributed by atoms with Crippen LogP contribution in [0.25, 0.3) is 0 Å². The van der Waals surface area contributed by atoms with Gasteiger partial charge in [-0.05, 0) is 42.3 Å². The van der Waals surface area contributed by atoms with Gasteiger partial charge in [0.15, 0.2) is 0 Å². The molecule has 5 heteroatoms. The molecule has 1 aromatic carbocycles. The van der Waals surface area contributed by atoms with Crippen molar-refractivity contribution in [3.8, 4) is 5.75 Å². The number of amides is 1. The Kier molecular flexibility index (Phi) is 3.75. The van der Waals surface area contributed by atoms with Crippen LogP contribution >= 0.6 is 12.2 Å². The summed E-state index contributed by atoms with van der Waals surface area (Å²) in [5.41, 5.74) is 2.76. The summed E-state index contributed by atoms with van der Waals surface area (Å²) in [4.78, 5) is 15.1. The molecule has 2 N–H and O–H groups in total. The zero-order chi connectivity index (χ0) is 14.8. The molecule has 0 spiro atoms. The number of benzene rings is 1. The highest BCUT2D eigenvalue weighted by atomic mass is 32.1. The zero-order valence-corrected chi connectivity index (χ0v) is 12.5. The van der Waals surface area contributed by atoms with Crippen LogP contribution in [-0.4, -0.2) is 17.5 Å². The lowest BCUT2D eigenvalue weighted by molar-refractivity contribution is 0.0939. The number of carbonyl (C=O) groups is 1. The summed E-state index contributed by atoms with van der Waals surface area (Å²) in [7, 11) is 0. The second-order valence-electron chi connectivity index (χ2n) is 5.07. The molecule has 0 saturated heterocycles. The number of pyridine rings is 1. The van der Waals surface area contributed by atoms with Crippen molar-refractivity contribution >= 4 is 18.1 Å². The van der Waals surface area contributed by atoms with E-state index >= 15 is 0 Å². The van der Waals surface area contributed by atoms with E-state index in [9.17, 15) is 4.79 Å². The minimum atomic E-state index is -0.166. The summed E-state index contributed by atoms with van der Waals surface area (Å²) in [6.45, 7) is 2.70. The van der Waals surface area contributed by atoms with Gasteiger partial charge in [-0.1, -0.05) is 18.3 Å². The van der Waals surface area contributed by atoms with Crippen molar-refractivity contribution in [3.63, 3.8) is 0 Å². The normalized spacial score (nSPS) is 14.1. The van der Waals surface area contributed by atoms with Gasteiger partial charge in [0, 0.05) is 12.6 Å². The molecule has 3 rings (SSSR count). The van der Waals surface area contributed by atoms with Crippen LogP contribution in [0.4, 0.5) is 0 Å². The minimum Gasteiger partial charge on any atom is -0.493 e. The number of aromatic nitrogens is 1. The van der Waals surface area contributed by atoms with Crippen molar-refractivity contribution in [2.24, 2.45) is 0 Å². The number of ether oxygens (including phenoxy) is 1. The van der Waals surface area contributed by atoms with Gasteiger partial charge in [-0.2, -0.15) is 0 Å². The van der Waals surface area contributed by atoms with Crippen LogP contribution in [0.5, 0.6) is 5.75 Å². The van der Waals surface area contributed by atoms with Crippen LogP contribution in [0.1, 0.15) is 34.5 Å². The fraction of sp³-hybridized carbons (Fsp3) is 0.250. The Morgan fingerprint density at radius 2 is 2.29 bits per heavy atom. The summed E-state index contributed by atoms with van der Waals surface area (Å²) in [5.74, 6) is 0.781. The first kappa shape index (κ1) is 13.8. The molecule has 1 aliphatic rings. The topological polar surface area (TPSA) is 54.1 Å². The second kappa shape index (κ2) is 5.69. The number of aromatic amines is 1. The summed E-state index contributed by atoms with van der Waals surface area (Å²) in [6.07, 6.45) is 2.64. The lowest BCUT2D eigenvalue weighted by atomic mass is 10.0. The SMILES string of the molecule is C[C@@H](NC(=O)c1ccc[nH]c1=S)c1ccc2c(c1)CCO2. The minimum absolute atomic E-state index is 0.0852. The number of hydrogen-bond donors (Lipinski definition) is 2. The third kappa shape index (κ3) is 2.83. The molecule has 0 unspecified atom stereocenters. The van der Waals surface area contributed by atoms with Gasteiger partial charge in [-0.3, -0.25) is 4.79 Å². The second-order valence-corrected chi connectivity index (χ2v) is 5.48. The van der Waals surface area contributed by atoms with Crippen LogP contribution < -0.4 is 10.1 Å². The summed E-state index contributed by atoms with van der Waals surface area (Å²) < 4.78 is 5.94. The molecule has 0 saturated carbocycles.